The maximum absolute atomic E-state index is 12.5. The molecule has 0 aromatic heterocycles. The van der Waals surface area contributed by atoms with Crippen molar-refractivity contribution in [3.8, 4) is 17.2 Å². The predicted octanol–water partition coefficient (Wildman–Crippen LogP) is 4.74. The molecule has 1 aliphatic heterocycles. The molecule has 0 atom stereocenters. The number of carbonyl (C=O) groups excluding carboxylic acids is 1. The first-order valence-corrected chi connectivity index (χ1v) is 8.93. The molecule has 130 valence electrons. The second-order valence-electron chi connectivity index (χ2n) is 5.49. The molecule has 0 bridgehead atoms. The largest absolute Gasteiger partial charge is 0.507 e. The molecule has 0 saturated carbocycles. The number of anilines is 1. The highest BCUT2D eigenvalue weighted by Gasteiger charge is 2.29. The third kappa shape index (κ3) is 3.02. The fourth-order valence-electron chi connectivity index (χ4n) is 2.77. The van der Waals surface area contributed by atoms with Gasteiger partial charge in [-0.05, 0) is 40.6 Å². The normalized spacial score (nSPS) is 14.4. The van der Waals surface area contributed by atoms with E-state index < -0.39 is 0 Å². The van der Waals surface area contributed by atoms with Crippen LogP contribution in [-0.4, -0.2) is 25.2 Å². The van der Waals surface area contributed by atoms with Crippen molar-refractivity contribution < 1.29 is 19.4 Å². The van der Waals surface area contributed by atoms with Crippen LogP contribution in [0.2, 0.25) is 0 Å². The third-order valence-electron chi connectivity index (χ3n) is 4.07. The first kappa shape index (κ1) is 17.8. The number of nitrogens with one attached hydrogen (secondary N) is 1. The zero-order valence-corrected chi connectivity index (χ0v) is 16.9. The topological polar surface area (TPSA) is 67.8 Å². The van der Waals surface area contributed by atoms with Gasteiger partial charge < -0.3 is 19.9 Å². The Bertz CT molecular complexity index is 922. The third-order valence-corrected chi connectivity index (χ3v) is 5.52. The molecule has 2 N–H and O–H groups in total. The number of benzene rings is 2. The van der Waals surface area contributed by atoms with Crippen LogP contribution in [0.15, 0.2) is 27.1 Å². The molecule has 0 spiro atoms. The molecule has 2 aromatic rings. The van der Waals surface area contributed by atoms with Gasteiger partial charge in [-0.15, -0.1) is 0 Å². The second kappa shape index (κ2) is 6.72. The molecule has 1 amide bonds. The van der Waals surface area contributed by atoms with Gasteiger partial charge in [-0.25, -0.2) is 0 Å². The average Bonchev–Trinajstić information content (AvgIpc) is 2.91. The van der Waals surface area contributed by atoms with E-state index in [0.717, 1.165) is 20.1 Å². The zero-order chi connectivity index (χ0) is 18.3. The van der Waals surface area contributed by atoms with Crippen LogP contribution in [0.3, 0.4) is 0 Å². The molecule has 0 fully saturated rings. The van der Waals surface area contributed by atoms with Crippen molar-refractivity contribution in [3.63, 3.8) is 0 Å². The van der Waals surface area contributed by atoms with Gasteiger partial charge in [0.15, 0.2) is 0 Å². The number of amides is 1. The Labute approximate surface area is 161 Å². The Morgan fingerprint density at radius 1 is 1.12 bits per heavy atom. The van der Waals surface area contributed by atoms with Gasteiger partial charge in [-0.1, -0.05) is 15.9 Å². The van der Waals surface area contributed by atoms with Crippen molar-refractivity contribution in [1.29, 1.82) is 0 Å². The fourth-order valence-corrected chi connectivity index (χ4v) is 4.03. The van der Waals surface area contributed by atoms with Crippen molar-refractivity contribution in [2.75, 3.05) is 19.5 Å². The summed E-state index contributed by atoms with van der Waals surface area (Å²) >= 11 is 6.98. The monoisotopic (exact) mass is 467 g/mol. The Morgan fingerprint density at radius 2 is 1.84 bits per heavy atom. The molecule has 2 aromatic carbocycles. The number of ether oxygens (including phenoxy) is 2. The molecule has 3 rings (SSSR count). The number of carbonyl (C=O) groups is 1. The van der Waals surface area contributed by atoms with E-state index in [2.05, 4.69) is 37.2 Å². The maximum Gasteiger partial charge on any atom is 0.256 e. The standard InChI is InChI=1S/C18H15Br2NO4/c1-8-12(19)7-13(20)17-16(8)11(18(23)21-17)6-10-14(22)4-9(24-2)5-15(10)25-3/h4-7,22H,1-3H3,(H,21,23). The molecule has 1 heterocycles. The van der Waals surface area contributed by atoms with Gasteiger partial charge in [-0.3, -0.25) is 4.79 Å². The first-order valence-electron chi connectivity index (χ1n) is 7.34. The van der Waals surface area contributed by atoms with Gasteiger partial charge in [0.2, 0.25) is 0 Å². The zero-order valence-electron chi connectivity index (χ0n) is 13.7. The molecule has 0 aliphatic carbocycles. The maximum atomic E-state index is 12.5. The van der Waals surface area contributed by atoms with E-state index in [0.29, 0.717) is 28.3 Å². The van der Waals surface area contributed by atoms with E-state index in [9.17, 15) is 9.90 Å². The molecule has 7 heteroatoms. The quantitative estimate of drug-likeness (QED) is 0.638. The first-order chi connectivity index (χ1) is 11.9. The van der Waals surface area contributed by atoms with E-state index in [4.69, 9.17) is 9.47 Å². The number of hydrogen-bond acceptors (Lipinski definition) is 4. The number of phenolic OH excluding ortho intramolecular Hbond substituents is 1. The van der Waals surface area contributed by atoms with Crippen molar-refractivity contribution in [2.45, 2.75) is 6.92 Å². The van der Waals surface area contributed by atoms with Crippen LogP contribution in [0.1, 0.15) is 16.7 Å². The summed E-state index contributed by atoms with van der Waals surface area (Å²) in [5.41, 5.74) is 3.28. The van der Waals surface area contributed by atoms with Crippen LogP contribution in [0, 0.1) is 6.92 Å². The van der Waals surface area contributed by atoms with Crippen molar-refractivity contribution >= 4 is 55.1 Å². The summed E-state index contributed by atoms with van der Waals surface area (Å²) < 4.78 is 12.1. The van der Waals surface area contributed by atoms with Crippen LogP contribution in [0.25, 0.3) is 11.6 Å². The van der Waals surface area contributed by atoms with E-state index in [-0.39, 0.29) is 11.7 Å². The van der Waals surface area contributed by atoms with Gasteiger partial charge in [0.1, 0.15) is 17.2 Å². The number of fused-ring (bicyclic) bond motifs is 1. The minimum Gasteiger partial charge on any atom is -0.507 e. The Balaban J connectivity index is 2.25. The van der Waals surface area contributed by atoms with Gasteiger partial charge in [0.05, 0.1) is 31.0 Å². The van der Waals surface area contributed by atoms with E-state index >= 15 is 0 Å². The molecular formula is C18H15Br2NO4. The summed E-state index contributed by atoms with van der Waals surface area (Å²) in [6, 6.07) is 5.03. The molecule has 0 unspecified atom stereocenters. The van der Waals surface area contributed by atoms with Crippen LogP contribution in [-0.2, 0) is 4.79 Å². The lowest BCUT2D eigenvalue weighted by atomic mass is 9.98. The number of rotatable bonds is 3. The number of aromatic hydroxyl groups is 1. The molecule has 1 aliphatic rings. The number of hydrogen-bond donors (Lipinski definition) is 2. The minimum atomic E-state index is -0.242. The van der Waals surface area contributed by atoms with Crippen molar-refractivity contribution in [1.82, 2.24) is 0 Å². The molecule has 0 saturated heterocycles. The van der Waals surface area contributed by atoms with Crippen molar-refractivity contribution in [2.24, 2.45) is 0 Å². The van der Waals surface area contributed by atoms with Crippen molar-refractivity contribution in [3.05, 3.63) is 43.8 Å². The summed E-state index contributed by atoms with van der Waals surface area (Å²) in [4.78, 5) is 12.5. The van der Waals surface area contributed by atoms with Crippen LogP contribution in [0.4, 0.5) is 5.69 Å². The van der Waals surface area contributed by atoms with Gasteiger partial charge in [0, 0.05) is 26.6 Å². The fraction of sp³-hybridized carbons (Fsp3) is 0.167. The van der Waals surface area contributed by atoms with Crippen LogP contribution >= 0.6 is 31.9 Å². The predicted molar refractivity (Wildman–Crippen MR) is 104 cm³/mol. The summed E-state index contributed by atoms with van der Waals surface area (Å²) in [5, 5.41) is 13.2. The molecule has 0 radical (unpaired) electrons. The Hall–Kier alpha value is -1.99. The second-order valence-corrected chi connectivity index (χ2v) is 7.20. The number of methoxy groups -OCH3 is 2. The highest BCUT2D eigenvalue weighted by atomic mass is 79.9. The van der Waals surface area contributed by atoms with Gasteiger partial charge >= 0.3 is 0 Å². The Kier molecular flexibility index (Phi) is 4.79. The van der Waals surface area contributed by atoms with Crippen LogP contribution in [0.5, 0.6) is 17.2 Å². The lowest BCUT2D eigenvalue weighted by molar-refractivity contribution is -0.110. The average molecular weight is 469 g/mol. The SMILES string of the molecule is COc1cc(O)c(C=C2C(=O)Nc3c(Br)cc(Br)c(C)c32)c(OC)c1. The van der Waals surface area contributed by atoms with Gasteiger partial charge in [-0.2, -0.15) is 0 Å². The molecule has 25 heavy (non-hydrogen) atoms. The minimum absolute atomic E-state index is 0.0309. The smallest absolute Gasteiger partial charge is 0.256 e. The molecular weight excluding hydrogens is 454 g/mol. The van der Waals surface area contributed by atoms with E-state index in [1.54, 1.807) is 12.1 Å². The summed E-state index contributed by atoms with van der Waals surface area (Å²) in [6.45, 7) is 1.93. The van der Waals surface area contributed by atoms with E-state index in [1.165, 1.54) is 20.3 Å². The summed E-state index contributed by atoms with van der Waals surface area (Å²) in [5.74, 6) is 0.609. The number of halogens is 2. The Morgan fingerprint density at radius 3 is 2.48 bits per heavy atom. The van der Waals surface area contributed by atoms with E-state index in [1.807, 2.05) is 13.0 Å². The number of phenols is 1. The summed E-state index contributed by atoms with van der Waals surface area (Å²) in [6.07, 6.45) is 1.63. The lowest BCUT2D eigenvalue weighted by Gasteiger charge is -2.11. The lowest BCUT2D eigenvalue weighted by Crippen LogP contribution is -2.04. The highest BCUT2D eigenvalue weighted by molar-refractivity contribution is 9.11. The van der Waals surface area contributed by atoms with Gasteiger partial charge in [0.25, 0.3) is 5.91 Å². The highest BCUT2D eigenvalue weighted by Crippen LogP contribution is 2.45. The summed E-state index contributed by atoms with van der Waals surface area (Å²) in [7, 11) is 3.00. The van der Waals surface area contributed by atoms with Crippen LogP contribution < -0.4 is 14.8 Å². The molecule has 5 nitrogen and oxygen atoms in total.